The molecule has 2 N–H and O–H groups in total. The number of rotatable bonds is 9. The van der Waals surface area contributed by atoms with Gasteiger partial charge in [0.25, 0.3) is 0 Å². The SMILES string of the molecule is CN=C(NCCCOCC1CCOCC1)NCC(C)(C)c1ccccc1C. The highest BCUT2D eigenvalue weighted by atomic mass is 16.5. The average molecular weight is 376 g/mol. The second kappa shape index (κ2) is 11.3. The Hall–Kier alpha value is -1.59. The van der Waals surface area contributed by atoms with Gasteiger partial charge in [0, 0.05) is 52.0 Å². The highest BCUT2D eigenvalue weighted by Crippen LogP contribution is 2.25. The number of nitrogens with zero attached hydrogens (tertiary/aromatic N) is 1. The zero-order chi connectivity index (χ0) is 19.5. The highest BCUT2D eigenvalue weighted by Gasteiger charge is 2.22. The summed E-state index contributed by atoms with van der Waals surface area (Å²) >= 11 is 0. The van der Waals surface area contributed by atoms with Crippen LogP contribution in [0.4, 0.5) is 0 Å². The minimum atomic E-state index is 0.0375. The topological polar surface area (TPSA) is 54.9 Å². The molecule has 27 heavy (non-hydrogen) atoms. The number of hydrogen-bond donors (Lipinski definition) is 2. The van der Waals surface area contributed by atoms with Gasteiger partial charge >= 0.3 is 0 Å². The number of aliphatic imine (C=N–C) groups is 1. The summed E-state index contributed by atoms with van der Waals surface area (Å²) in [6.07, 6.45) is 3.24. The van der Waals surface area contributed by atoms with Crippen LogP contribution >= 0.6 is 0 Å². The van der Waals surface area contributed by atoms with Crippen molar-refractivity contribution in [3.05, 3.63) is 35.4 Å². The van der Waals surface area contributed by atoms with Crippen molar-refractivity contribution >= 4 is 5.96 Å². The Morgan fingerprint density at radius 3 is 2.67 bits per heavy atom. The predicted molar refractivity (Wildman–Crippen MR) is 113 cm³/mol. The van der Waals surface area contributed by atoms with Gasteiger partial charge in [-0.05, 0) is 43.2 Å². The molecule has 1 aromatic carbocycles. The summed E-state index contributed by atoms with van der Waals surface area (Å²) in [5.74, 6) is 1.52. The minimum Gasteiger partial charge on any atom is -0.381 e. The van der Waals surface area contributed by atoms with Crippen molar-refractivity contribution in [2.24, 2.45) is 10.9 Å². The summed E-state index contributed by atoms with van der Waals surface area (Å²) in [6.45, 7) is 11.8. The van der Waals surface area contributed by atoms with Crippen LogP contribution in [-0.4, -0.2) is 52.5 Å². The van der Waals surface area contributed by atoms with E-state index in [4.69, 9.17) is 9.47 Å². The maximum absolute atomic E-state index is 5.82. The largest absolute Gasteiger partial charge is 0.381 e. The maximum Gasteiger partial charge on any atom is 0.191 e. The third kappa shape index (κ3) is 7.51. The maximum atomic E-state index is 5.82. The lowest BCUT2D eigenvalue weighted by Gasteiger charge is -2.28. The smallest absolute Gasteiger partial charge is 0.191 e. The molecule has 0 atom stereocenters. The van der Waals surface area contributed by atoms with Gasteiger partial charge in [0.2, 0.25) is 0 Å². The fraction of sp³-hybridized carbons (Fsp3) is 0.682. The Morgan fingerprint density at radius 1 is 1.22 bits per heavy atom. The molecule has 1 aromatic rings. The number of hydrogen-bond acceptors (Lipinski definition) is 3. The molecule has 0 saturated carbocycles. The molecule has 2 rings (SSSR count). The number of aryl methyl sites for hydroxylation is 1. The summed E-state index contributed by atoms with van der Waals surface area (Å²) in [4.78, 5) is 4.34. The second-order valence-corrected chi connectivity index (χ2v) is 8.04. The zero-order valence-corrected chi connectivity index (χ0v) is 17.5. The van der Waals surface area contributed by atoms with E-state index in [9.17, 15) is 0 Å². The quantitative estimate of drug-likeness (QED) is 0.395. The van der Waals surface area contributed by atoms with Crippen LogP contribution in [0.1, 0.15) is 44.2 Å². The molecule has 1 fully saturated rings. The lowest BCUT2D eigenvalue weighted by Crippen LogP contribution is -2.44. The molecular weight excluding hydrogens is 338 g/mol. The van der Waals surface area contributed by atoms with Crippen molar-refractivity contribution in [2.75, 3.05) is 46.6 Å². The third-order valence-electron chi connectivity index (χ3n) is 5.25. The van der Waals surface area contributed by atoms with E-state index < -0.39 is 0 Å². The molecule has 0 amide bonds. The van der Waals surface area contributed by atoms with Gasteiger partial charge in [-0.15, -0.1) is 0 Å². The Balaban J connectivity index is 1.63. The molecule has 1 saturated heterocycles. The van der Waals surface area contributed by atoms with Crippen LogP contribution in [-0.2, 0) is 14.9 Å². The Bertz CT molecular complexity index is 581. The first-order valence-electron chi connectivity index (χ1n) is 10.2. The van der Waals surface area contributed by atoms with E-state index >= 15 is 0 Å². The Morgan fingerprint density at radius 2 is 1.96 bits per heavy atom. The van der Waals surface area contributed by atoms with Crippen molar-refractivity contribution in [1.82, 2.24) is 10.6 Å². The normalized spacial score (nSPS) is 16.4. The monoisotopic (exact) mass is 375 g/mol. The number of guanidine groups is 1. The van der Waals surface area contributed by atoms with E-state index in [2.05, 4.69) is 60.7 Å². The van der Waals surface area contributed by atoms with Crippen LogP contribution in [0.5, 0.6) is 0 Å². The van der Waals surface area contributed by atoms with Crippen molar-refractivity contribution in [3.8, 4) is 0 Å². The lowest BCUT2D eigenvalue weighted by molar-refractivity contribution is 0.0203. The van der Waals surface area contributed by atoms with E-state index in [1.54, 1.807) is 0 Å². The molecule has 5 heteroatoms. The molecule has 0 radical (unpaired) electrons. The summed E-state index contributed by atoms with van der Waals surface area (Å²) in [5, 5.41) is 6.85. The highest BCUT2D eigenvalue weighted by molar-refractivity contribution is 5.79. The molecule has 1 aliphatic heterocycles. The van der Waals surface area contributed by atoms with Crippen LogP contribution in [0.3, 0.4) is 0 Å². The predicted octanol–water partition coefficient (Wildman–Crippen LogP) is 3.27. The van der Waals surface area contributed by atoms with Gasteiger partial charge in [-0.25, -0.2) is 0 Å². The van der Waals surface area contributed by atoms with E-state index in [0.717, 1.165) is 64.7 Å². The lowest BCUT2D eigenvalue weighted by atomic mass is 9.82. The average Bonchev–Trinajstić information content (AvgIpc) is 2.68. The molecule has 1 aliphatic rings. The third-order valence-corrected chi connectivity index (χ3v) is 5.25. The summed E-state index contributed by atoms with van der Waals surface area (Å²) in [5.41, 5.74) is 2.74. The van der Waals surface area contributed by atoms with Crippen LogP contribution in [0, 0.1) is 12.8 Å². The summed E-state index contributed by atoms with van der Waals surface area (Å²) in [7, 11) is 1.82. The van der Waals surface area contributed by atoms with Gasteiger partial charge in [-0.1, -0.05) is 38.1 Å². The summed E-state index contributed by atoms with van der Waals surface area (Å²) < 4.78 is 11.2. The van der Waals surface area contributed by atoms with Gasteiger partial charge in [0.1, 0.15) is 0 Å². The molecule has 0 unspecified atom stereocenters. The molecule has 152 valence electrons. The Labute approximate surface area is 164 Å². The molecule has 0 aromatic heterocycles. The molecule has 1 heterocycles. The zero-order valence-electron chi connectivity index (χ0n) is 17.5. The second-order valence-electron chi connectivity index (χ2n) is 8.04. The first-order chi connectivity index (χ1) is 13.0. The van der Waals surface area contributed by atoms with Crippen molar-refractivity contribution in [3.63, 3.8) is 0 Å². The van der Waals surface area contributed by atoms with Crippen LogP contribution < -0.4 is 10.6 Å². The fourth-order valence-corrected chi connectivity index (χ4v) is 3.50. The van der Waals surface area contributed by atoms with Crippen molar-refractivity contribution < 1.29 is 9.47 Å². The van der Waals surface area contributed by atoms with E-state index in [0.29, 0.717) is 5.92 Å². The molecule has 5 nitrogen and oxygen atoms in total. The van der Waals surface area contributed by atoms with Crippen LogP contribution in [0.25, 0.3) is 0 Å². The fourth-order valence-electron chi connectivity index (χ4n) is 3.50. The number of ether oxygens (including phenoxy) is 2. The van der Waals surface area contributed by atoms with Gasteiger partial charge in [-0.3, -0.25) is 4.99 Å². The minimum absolute atomic E-state index is 0.0375. The molecule has 0 aliphatic carbocycles. The standard InChI is InChI=1S/C22H37N3O2/c1-18-8-5-6-9-20(18)22(2,3)17-25-21(23-4)24-12-7-13-27-16-19-10-14-26-15-11-19/h5-6,8-9,19H,7,10-17H2,1-4H3,(H2,23,24,25). The van der Waals surface area contributed by atoms with E-state index in [1.165, 1.54) is 11.1 Å². The van der Waals surface area contributed by atoms with Gasteiger partial charge in [0.15, 0.2) is 5.96 Å². The van der Waals surface area contributed by atoms with Crippen LogP contribution in [0.2, 0.25) is 0 Å². The van der Waals surface area contributed by atoms with Crippen molar-refractivity contribution in [1.29, 1.82) is 0 Å². The van der Waals surface area contributed by atoms with Gasteiger partial charge < -0.3 is 20.1 Å². The number of nitrogens with one attached hydrogen (secondary N) is 2. The van der Waals surface area contributed by atoms with Crippen LogP contribution in [0.15, 0.2) is 29.3 Å². The number of benzene rings is 1. The Kier molecular flexibility index (Phi) is 9.08. The van der Waals surface area contributed by atoms with Gasteiger partial charge in [-0.2, -0.15) is 0 Å². The summed E-state index contributed by atoms with van der Waals surface area (Å²) in [6, 6.07) is 8.58. The molecule has 0 spiro atoms. The van der Waals surface area contributed by atoms with E-state index in [1.807, 2.05) is 7.05 Å². The van der Waals surface area contributed by atoms with Gasteiger partial charge in [0.05, 0.1) is 0 Å². The first-order valence-corrected chi connectivity index (χ1v) is 10.2. The van der Waals surface area contributed by atoms with E-state index in [-0.39, 0.29) is 5.41 Å². The molecular formula is C22H37N3O2. The van der Waals surface area contributed by atoms with Crippen molar-refractivity contribution in [2.45, 2.75) is 45.4 Å². The first kappa shape index (κ1) is 21.7. The molecule has 0 bridgehead atoms.